The highest BCUT2D eigenvalue weighted by molar-refractivity contribution is 5.72. The van der Waals surface area contributed by atoms with Gasteiger partial charge in [-0.1, -0.05) is 32.4 Å². The highest BCUT2D eigenvalue weighted by Gasteiger charge is 2.39. The minimum absolute atomic E-state index is 0.105. The third kappa shape index (κ3) is 5.83. The number of benzene rings is 1. The van der Waals surface area contributed by atoms with Crippen LogP contribution in [-0.4, -0.2) is 41.8 Å². The largest absolute Gasteiger partial charge is 0.480 e. The minimum Gasteiger partial charge on any atom is -0.480 e. The number of methoxy groups -OCH3 is 1. The summed E-state index contributed by atoms with van der Waals surface area (Å²) in [5, 5.41) is 3.30. The van der Waals surface area contributed by atoms with Crippen molar-refractivity contribution in [2.24, 2.45) is 5.41 Å². The Balaban J connectivity index is 0.00000148. The van der Waals surface area contributed by atoms with Crippen molar-refractivity contribution in [2.75, 3.05) is 30.4 Å². The Morgan fingerprint density at radius 1 is 0.972 bits per heavy atom. The lowest BCUT2D eigenvalue weighted by atomic mass is 9.63. The number of rotatable bonds is 7. The van der Waals surface area contributed by atoms with Crippen molar-refractivity contribution in [2.45, 2.75) is 52.6 Å². The average Bonchev–Trinajstić information content (AvgIpc) is 2.89. The summed E-state index contributed by atoms with van der Waals surface area (Å²) in [6.07, 6.45) is 9.90. The molecule has 1 saturated carbocycles. The second-order valence-electron chi connectivity index (χ2n) is 8.89. The van der Waals surface area contributed by atoms with Crippen molar-refractivity contribution in [1.29, 1.82) is 0 Å². The topological polar surface area (TPSA) is 72.4 Å². The van der Waals surface area contributed by atoms with E-state index in [1.807, 2.05) is 26.0 Å². The summed E-state index contributed by atoms with van der Waals surface area (Å²) in [5.74, 6) is 1.89. The average molecular weight is 498 g/mol. The van der Waals surface area contributed by atoms with Crippen LogP contribution in [0.1, 0.15) is 46.0 Å². The monoisotopic (exact) mass is 497 g/mol. The molecule has 3 aromatic rings. The second kappa shape index (κ2) is 11.5. The van der Waals surface area contributed by atoms with E-state index in [1.165, 1.54) is 44.2 Å². The van der Waals surface area contributed by atoms with E-state index >= 15 is 0 Å². The molecule has 7 nitrogen and oxygen atoms in total. The molecular weight excluding hydrogens is 464 g/mol. The zero-order valence-corrected chi connectivity index (χ0v) is 21.0. The molecule has 1 N–H and O–H groups in total. The molecule has 3 heterocycles. The third-order valence-electron chi connectivity index (χ3n) is 6.88. The van der Waals surface area contributed by atoms with Gasteiger partial charge in [0.15, 0.2) is 0 Å². The first kappa shape index (κ1) is 25.6. The van der Waals surface area contributed by atoms with E-state index in [4.69, 9.17) is 9.72 Å². The first-order valence-electron chi connectivity index (χ1n) is 12.5. The zero-order valence-electron chi connectivity index (χ0n) is 21.0. The summed E-state index contributed by atoms with van der Waals surface area (Å²) >= 11 is 0. The highest BCUT2D eigenvalue weighted by Crippen LogP contribution is 2.49. The van der Waals surface area contributed by atoms with Crippen LogP contribution < -0.4 is 19.7 Å². The molecule has 0 atom stereocenters. The fraction of sp³-hybridized carbons (Fsp3) is 0.444. The first-order chi connectivity index (χ1) is 17.5. The molecule has 5 rings (SSSR count). The van der Waals surface area contributed by atoms with Gasteiger partial charge in [-0.3, -0.25) is 0 Å². The van der Waals surface area contributed by atoms with Crippen LogP contribution in [0.2, 0.25) is 0 Å². The molecule has 9 heteroatoms. The quantitative estimate of drug-likeness (QED) is 0.390. The number of halogens is 2. The van der Waals surface area contributed by atoms with Crippen LogP contribution in [0, 0.1) is 5.41 Å². The molecule has 1 saturated heterocycles. The SMILES string of the molecule is CC.COc1ncc(-c2ccc(OC(F)F)cc2)cc1Nc1ccnc(N2CCC3(CCC3)CC2)n1. The van der Waals surface area contributed by atoms with Gasteiger partial charge in [0, 0.05) is 31.0 Å². The number of alkyl halides is 2. The fourth-order valence-corrected chi connectivity index (χ4v) is 4.76. The van der Waals surface area contributed by atoms with Crippen molar-refractivity contribution in [3.8, 4) is 22.8 Å². The molecule has 2 fully saturated rings. The number of nitrogens with one attached hydrogen (secondary N) is 1. The maximum Gasteiger partial charge on any atom is 0.387 e. The van der Waals surface area contributed by atoms with Crippen molar-refractivity contribution in [3.63, 3.8) is 0 Å². The maximum absolute atomic E-state index is 12.4. The summed E-state index contributed by atoms with van der Waals surface area (Å²) in [4.78, 5) is 15.9. The lowest BCUT2D eigenvalue weighted by Gasteiger charge is -2.48. The lowest BCUT2D eigenvalue weighted by molar-refractivity contribution is -0.0498. The van der Waals surface area contributed by atoms with Crippen molar-refractivity contribution in [1.82, 2.24) is 15.0 Å². The predicted molar refractivity (Wildman–Crippen MR) is 137 cm³/mol. The molecule has 0 radical (unpaired) electrons. The van der Waals surface area contributed by atoms with E-state index in [0.29, 0.717) is 22.8 Å². The summed E-state index contributed by atoms with van der Waals surface area (Å²) in [6.45, 7) is 3.11. The van der Waals surface area contributed by atoms with Gasteiger partial charge < -0.3 is 19.7 Å². The molecule has 192 valence electrons. The molecule has 0 amide bonds. The predicted octanol–water partition coefficient (Wildman–Crippen LogP) is 6.69. The highest BCUT2D eigenvalue weighted by atomic mass is 19.3. The Labute approximate surface area is 210 Å². The van der Waals surface area contributed by atoms with Crippen LogP contribution in [-0.2, 0) is 0 Å². The van der Waals surface area contributed by atoms with Gasteiger partial charge in [-0.05, 0) is 60.9 Å². The number of aromatic nitrogens is 3. The van der Waals surface area contributed by atoms with Gasteiger partial charge in [0.05, 0.1) is 7.11 Å². The van der Waals surface area contributed by atoms with Gasteiger partial charge >= 0.3 is 6.61 Å². The smallest absolute Gasteiger partial charge is 0.387 e. The standard InChI is InChI=1S/C25H27F2N5O2.C2H6/c1-33-22-20(15-18(16-29-22)17-3-5-19(6-4-17)34-23(26)27)30-21-7-12-28-24(31-21)32-13-10-25(11-14-32)8-2-9-25;1-2/h3-7,12,15-16,23H,2,8-11,13-14H2,1H3,(H,28,30,31);1-2H3. The first-order valence-corrected chi connectivity index (χ1v) is 12.5. The molecule has 1 aliphatic heterocycles. The van der Waals surface area contributed by atoms with Crippen LogP contribution in [0.4, 0.5) is 26.2 Å². The molecule has 36 heavy (non-hydrogen) atoms. The summed E-state index contributed by atoms with van der Waals surface area (Å²) in [6, 6.07) is 10.1. The van der Waals surface area contributed by atoms with Gasteiger partial charge in [0.1, 0.15) is 17.3 Å². The Hall–Kier alpha value is -3.49. The molecule has 1 aromatic carbocycles. The van der Waals surface area contributed by atoms with Crippen LogP contribution in [0.25, 0.3) is 11.1 Å². The number of ether oxygens (including phenoxy) is 2. The fourth-order valence-electron chi connectivity index (χ4n) is 4.76. The molecule has 2 aliphatic rings. The Bertz CT molecular complexity index is 1130. The number of hydrogen-bond acceptors (Lipinski definition) is 7. The van der Waals surface area contributed by atoms with Gasteiger partial charge in [0.2, 0.25) is 11.8 Å². The third-order valence-corrected chi connectivity index (χ3v) is 6.88. The van der Waals surface area contributed by atoms with Crippen LogP contribution in [0.5, 0.6) is 11.6 Å². The van der Waals surface area contributed by atoms with Gasteiger partial charge in [-0.15, -0.1) is 0 Å². The van der Waals surface area contributed by atoms with E-state index in [0.717, 1.165) is 30.2 Å². The number of nitrogens with zero attached hydrogens (tertiary/aromatic N) is 4. The van der Waals surface area contributed by atoms with Gasteiger partial charge in [-0.25, -0.2) is 9.97 Å². The number of pyridine rings is 1. The normalized spacial score (nSPS) is 16.1. The van der Waals surface area contributed by atoms with Crippen molar-refractivity contribution >= 4 is 17.5 Å². The number of piperidine rings is 1. The lowest BCUT2D eigenvalue weighted by Crippen LogP contribution is -2.44. The van der Waals surface area contributed by atoms with Crippen molar-refractivity contribution < 1.29 is 18.3 Å². The van der Waals surface area contributed by atoms with Gasteiger partial charge in [-0.2, -0.15) is 13.8 Å². The van der Waals surface area contributed by atoms with E-state index in [9.17, 15) is 8.78 Å². The molecule has 1 spiro atoms. The zero-order chi connectivity index (χ0) is 25.5. The molecule has 0 bridgehead atoms. The summed E-state index contributed by atoms with van der Waals surface area (Å²) in [7, 11) is 1.55. The van der Waals surface area contributed by atoms with Gasteiger partial charge in [0.25, 0.3) is 0 Å². The van der Waals surface area contributed by atoms with E-state index in [2.05, 4.69) is 24.9 Å². The Morgan fingerprint density at radius 2 is 1.69 bits per heavy atom. The molecule has 2 aromatic heterocycles. The maximum atomic E-state index is 12.4. The number of hydrogen-bond donors (Lipinski definition) is 1. The molecular formula is C27H33F2N5O2. The number of anilines is 3. The Kier molecular flexibility index (Phi) is 8.18. The van der Waals surface area contributed by atoms with Crippen molar-refractivity contribution in [3.05, 3.63) is 48.8 Å². The van der Waals surface area contributed by atoms with E-state index < -0.39 is 6.61 Å². The second-order valence-corrected chi connectivity index (χ2v) is 8.89. The minimum atomic E-state index is -2.86. The van der Waals surface area contributed by atoms with Crippen LogP contribution >= 0.6 is 0 Å². The molecule has 0 unspecified atom stereocenters. The Morgan fingerprint density at radius 3 is 2.31 bits per heavy atom. The summed E-state index contributed by atoms with van der Waals surface area (Å²) < 4.78 is 34.7. The van der Waals surface area contributed by atoms with Crippen LogP contribution in [0.3, 0.4) is 0 Å². The van der Waals surface area contributed by atoms with Crippen LogP contribution in [0.15, 0.2) is 48.8 Å². The van der Waals surface area contributed by atoms with E-state index in [1.54, 1.807) is 31.6 Å². The van der Waals surface area contributed by atoms with E-state index in [-0.39, 0.29) is 5.75 Å². The summed E-state index contributed by atoms with van der Waals surface area (Å²) in [5.41, 5.74) is 2.81. The molecule has 1 aliphatic carbocycles.